The molecule has 3 heteroatoms. The van der Waals surface area contributed by atoms with Gasteiger partial charge in [-0.2, -0.15) is 0 Å². The number of halogens is 1. The fraction of sp³-hybridized carbons (Fsp3) is 0.500. The van der Waals surface area contributed by atoms with Crippen LogP contribution in [-0.2, 0) is 0 Å². The van der Waals surface area contributed by atoms with Crippen LogP contribution < -0.4 is 5.32 Å². The van der Waals surface area contributed by atoms with Gasteiger partial charge in [0.25, 0.3) is 0 Å². The maximum Gasteiger partial charge on any atom is 0.123 e. The minimum Gasteiger partial charge on any atom is -0.312 e. The van der Waals surface area contributed by atoms with Gasteiger partial charge in [0.2, 0.25) is 0 Å². The lowest BCUT2D eigenvalue weighted by atomic mass is 9.96. The molecule has 2 aromatic rings. The van der Waals surface area contributed by atoms with Gasteiger partial charge in [0.15, 0.2) is 0 Å². The van der Waals surface area contributed by atoms with E-state index in [0.717, 1.165) is 11.8 Å². The molecule has 104 valence electrons. The zero-order valence-corrected chi connectivity index (χ0v) is 12.7. The standard InChI is InChI=1S/C16H22FNS/c1-4-5-11(2)8-14(18-3)16-10-12-9-13(17)6-7-15(12)19-16/h6-7,9-11,14,18H,4-5,8H2,1-3H3. The fourth-order valence-corrected chi connectivity index (χ4v) is 3.76. The van der Waals surface area contributed by atoms with Gasteiger partial charge in [-0.15, -0.1) is 11.3 Å². The number of hydrogen-bond acceptors (Lipinski definition) is 2. The summed E-state index contributed by atoms with van der Waals surface area (Å²) in [5.74, 6) is 0.557. The molecule has 1 aromatic carbocycles. The maximum atomic E-state index is 13.2. The van der Waals surface area contributed by atoms with E-state index in [4.69, 9.17) is 0 Å². The van der Waals surface area contributed by atoms with Gasteiger partial charge < -0.3 is 5.32 Å². The average molecular weight is 279 g/mol. The molecule has 0 aliphatic heterocycles. The van der Waals surface area contributed by atoms with Crippen molar-refractivity contribution in [3.63, 3.8) is 0 Å². The van der Waals surface area contributed by atoms with Crippen LogP contribution in [0, 0.1) is 11.7 Å². The Morgan fingerprint density at radius 3 is 2.79 bits per heavy atom. The normalized spacial score (nSPS) is 14.7. The second-order valence-electron chi connectivity index (χ2n) is 5.30. The monoisotopic (exact) mass is 279 g/mol. The predicted molar refractivity (Wildman–Crippen MR) is 82.3 cm³/mol. The van der Waals surface area contributed by atoms with Gasteiger partial charge in [-0.05, 0) is 49.0 Å². The first-order valence-corrected chi connectivity index (χ1v) is 7.82. The maximum absolute atomic E-state index is 13.2. The Balaban J connectivity index is 2.20. The van der Waals surface area contributed by atoms with Crippen LogP contribution in [0.2, 0.25) is 0 Å². The molecule has 0 saturated heterocycles. The first-order chi connectivity index (χ1) is 9.13. The first-order valence-electron chi connectivity index (χ1n) is 7.00. The van der Waals surface area contributed by atoms with E-state index in [1.807, 2.05) is 13.1 Å². The third-order valence-corrected chi connectivity index (χ3v) is 4.84. The molecule has 0 aliphatic rings. The van der Waals surface area contributed by atoms with Crippen molar-refractivity contribution in [1.29, 1.82) is 0 Å². The van der Waals surface area contributed by atoms with Gasteiger partial charge in [0.05, 0.1) is 0 Å². The van der Waals surface area contributed by atoms with Crippen molar-refractivity contribution in [2.75, 3.05) is 7.05 Å². The fourth-order valence-electron chi connectivity index (χ4n) is 2.60. The molecule has 2 atom stereocenters. The Bertz CT molecular complexity index is 535. The van der Waals surface area contributed by atoms with E-state index in [1.54, 1.807) is 17.4 Å². The van der Waals surface area contributed by atoms with E-state index in [9.17, 15) is 4.39 Å². The molecule has 2 unspecified atom stereocenters. The average Bonchev–Trinajstić information content (AvgIpc) is 2.78. The van der Waals surface area contributed by atoms with Gasteiger partial charge >= 0.3 is 0 Å². The molecule has 1 nitrogen and oxygen atoms in total. The molecule has 0 spiro atoms. The molecule has 0 amide bonds. The molecule has 1 heterocycles. The summed E-state index contributed by atoms with van der Waals surface area (Å²) in [6.45, 7) is 4.54. The largest absolute Gasteiger partial charge is 0.312 e. The number of nitrogens with one attached hydrogen (secondary N) is 1. The molecule has 0 saturated carbocycles. The van der Waals surface area contributed by atoms with Crippen molar-refractivity contribution in [2.24, 2.45) is 5.92 Å². The van der Waals surface area contributed by atoms with E-state index in [0.29, 0.717) is 12.0 Å². The minimum atomic E-state index is -0.155. The molecule has 0 fully saturated rings. The molecular formula is C16H22FNS. The lowest BCUT2D eigenvalue weighted by Crippen LogP contribution is -2.17. The molecule has 1 aromatic heterocycles. The van der Waals surface area contributed by atoms with Crippen LogP contribution in [0.4, 0.5) is 4.39 Å². The summed E-state index contributed by atoms with van der Waals surface area (Å²) >= 11 is 1.77. The summed E-state index contributed by atoms with van der Waals surface area (Å²) < 4.78 is 14.4. The van der Waals surface area contributed by atoms with E-state index in [2.05, 4.69) is 25.2 Å². The third-order valence-electron chi connectivity index (χ3n) is 3.61. The smallest absolute Gasteiger partial charge is 0.123 e. The summed E-state index contributed by atoms with van der Waals surface area (Å²) in [4.78, 5) is 1.31. The van der Waals surface area contributed by atoms with Gasteiger partial charge in [-0.1, -0.05) is 26.7 Å². The number of fused-ring (bicyclic) bond motifs is 1. The van der Waals surface area contributed by atoms with Gasteiger partial charge in [-0.3, -0.25) is 0 Å². The second-order valence-corrected chi connectivity index (χ2v) is 6.42. The molecule has 0 radical (unpaired) electrons. The van der Waals surface area contributed by atoms with Crippen LogP contribution in [0.15, 0.2) is 24.3 Å². The van der Waals surface area contributed by atoms with Crippen LogP contribution in [0.5, 0.6) is 0 Å². The molecule has 19 heavy (non-hydrogen) atoms. The summed E-state index contributed by atoms with van der Waals surface area (Å²) in [5, 5.41) is 4.42. The number of hydrogen-bond donors (Lipinski definition) is 1. The van der Waals surface area contributed by atoms with Crippen molar-refractivity contribution in [3.8, 4) is 0 Å². The van der Waals surface area contributed by atoms with Crippen molar-refractivity contribution >= 4 is 21.4 Å². The zero-order chi connectivity index (χ0) is 13.8. The highest BCUT2D eigenvalue weighted by Gasteiger charge is 2.16. The summed E-state index contributed by atoms with van der Waals surface area (Å²) in [6.07, 6.45) is 3.63. The Labute approximate surface area is 118 Å². The Morgan fingerprint density at radius 2 is 2.11 bits per heavy atom. The number of benzene rings is 1. The SMILES string of the molecule is CCCC(C)CC(NC)c1cc2cc(F)ccc2s1. The molecule has 1 N–H and O–H groups in total. The molecular weight excluding hydrogens is 257 g/mol. The van der Waals surface area contributed by atoms with Crippen molar-refractivity contribution < 1.29 is 4.39 Å². The van der Waals surface area contributed by atoms with Crippen LogP contribution in [0.3, 0.4) is 0 Å². The van der Waals surface area contributed by atoms with E-state index >= 15 is 0 Å². The predicted octanol–water partition coefficient (Wildman–Crippen LogP) is 5.13. The van der Waals surface area contributed by atoms with Crippen LogP contribution in [0.1, 0.15) is 44.0 Å². The Kier molecular flexibility index (Phi) is 4.94. The van der Waals surface area contributed by atoms with Crippen LogP contribution in [-0.4, -0.2) is 7.05 Å². The summed E-state index contributed by atoms with van der Waals surface area (Å²) in [7, 11) is 2.01. The Morgan fingerprint density at radius 1 is 1.32 bits per heavy atom. The van der Waals surface area contributed by atoms with Gasteiger partial charge in [0.1, 0.15) is 5.82 Å². The van der Waals surface area contributed by atoms with E-state index in [-0.39, 0.29) is 5.82 Å². The van der Waals surface area contributed by atoms with Crippen LogP contribution >= 0.6 is 11.3 Å². The number of rotatable bonds is 6. The zero-order valence-electron chi connectivity index (χ0n) is 11.9. The molecule has 2 rings (SSSR count). The summed E-state index contributed by atoms with van der Waals surface area (Å²) in [6, 6.07) is 7.54. The van der Waals surface area contributed by atoms with Crippen molar-refractivity contribution in [1.82, 2.24) is 5.32 Å². The van der Waals surface area contributed by atoms with Crippen molar-refractivity contribution in [3.05, 3.63) is 35.0 Å². The Hall–Kier alpha value is -0.930. The lowest BCUT2D eigenvalue weighted by molar-refractivity contribution is 0.410. The molecule has 0 bridgehead atoms. The summed E-state index contributed by atoms with van der Waals surface area (Å²) in [5.41, 5.74) is 0. The van der Waals surface area contributed by atoms with E-state index in [1.165, 1.54) is 28.5 Å². The quantitative estimate of drug-likeness (QED) is 0.773. The second kappa shape index (κ2) is 6.49. The highest BCUT2D eigenvalue weighted by Crippen LogP contribution is 2.33. The van der Waals surface area contributed by atoms with Crippen molar-refractivity contribution in [2.45, 2.75) is 39.2 Å². The van der Waals surface area contributed by atoms with Crippen LogP contribution in [0.25, 0.3) is 10.1 Å². The highest BCUT2D eigenvalue weighted by atomic mass is 32.1. The highest BCUT2D eigenvalue weighted by molar-refractivity contribution is 7.19. The first kappa shape index (κ1) is 14.5. The minimum absolute atomic E-state index is 0.155. The molecule has 0 aliphatic carbocycles. The van der Waals surface area contributed by atoms with Gasteiger partial charge in [-0.25, -0.2) is 4.39 Å². The topological polar surface area (TPSA) is 12.0 Å². The van der Waals surface area contributed by atoms with Gasteiger partial charge in [0, 0.05) is 15.6 Å². The van der Waals surface area contributed by atoms with E-state index < -0.39 is 0 Å². The third kappa shape index (κ3) is 3.54. The lowest BCUT2D eigenvalue weighted by Gasteiger charge is -2.19. The number of thiophene rings is 1.